The normalized spacial score (nSPS) is 13.3. The maximum atomic E-state index is 12.6. The van der Waals surface area contributed by atoms with E-state index in [1.165, 1.54) is 12.1 Å². The molecule has 0 aromatic heterocycles. The van der Waals surface area contributed by atoms with Crippen LogP contribution in [0.1, 0.15) is 18.5 Å². The second-order valence-corrected chi connectivity index (χ2v) is 8.61. The molecule has 3 aromatic rings. The Labute approximate surface area is 180 Å². The van der Waals surface area contributed by atoms with Crippen LogP contribution in [0.3, 0.4) is 0 Å². The first-order valence-corrected chi connectivity index (χ1v) is 11.0. The molecule has 1 atom stereocenters. The highest BCUT2D eigenvalue weighted by Gasteiger charge is 2.18. The predicted molar refractivity (Wildman–Crippen MR) is 117 cm³/mol. The first-order chi connectivity index (χ1) is 14.9. The number of nitrogens with one attached hydrogen (secondary N) is 3. The van der Waals surface area contributed by atoms with E-state index >= 15 is 0 Å². The van der Waals surface area contributed by atoms with E-state index in [0.29, 0.717) is 22.9 Å². The summed E-state index contributed by atoms with van der Waals surface area (Å²) in [5, 5.41) is 5.50. The number of urea groups is 1. The SMILES string of the molecule is C[C@@H](NC(=O)Nc1cccc(S(=O)(=O)Nc2ccccc2)c1)c1ccc2c(c1)OCO2. The molecule has 4 rings (SSSR count). The number of hydrogen-bond acceptors (Lipinski definition) is 5. The monoisotopic (exact) mass is 439 g/mol. The van der Waals surface area contributed by atoms with Crippen molar-refractivity contribution in [1.82, 2.24) is 5.32 Å². The Hall–Kier alpha value is -3.72. The smallest absolute Gasteiger partial charge is 0.319 e. The third-order valence-corrected chi connectivity index (χ3v) is 6.05. The van der Waals surface area contributed by atoms with Crippen molar-refractivity contribution in [3.63, 3.8) is 0 Å². The van der Waals surface area contributed by atoms with Crippen molar-refractivity contribution in [1.29, 1.82) is 0 Å². The summed E-state index contributed by atoms with van der Waals surface area (Å²) in [7, 11) is -3.79. The van der Waals surface area contributed by atoms with Crippen LogP contribution in [0, 0.1) is 0 Å². The summed E-state index contributed by atoms with van der Waals surface area (Å²) in [5.74, 6) is 1.30. The number of benzene rings is 3. The van der Waals surface area contributed by atoms with E-state index in [2.05, 4.69) is 15.4 Å². The minimum Gasteiger partial charge on any atom is -0.454 e. The van der Waals surface area contributed by atoms with Crippen LogP contribution in [0.5, 0.6) is 11.5 Å². The molecule has 3 aromatic carbocycles. The summed E-state index contributed by atoms with van der Waals surface area (Å²) in [6.07, 6.45) is 0. The van der Waals surface area contributed by atoms with Crippen LogP contribution >= 0.6 is 0 Å². The summed E-state index contributed by atoms with van der Waals surface area (Å²) < 4.78 is 38.4. The van der Waals surface area contributed by atoms with E-state index in [-0.39, 0.29) is 17.7 Å². The van der Waals surface area contributed by atoms with Gasteiger partial charge >= 0.3 is 6.03 Å². The van der Waals surface area contributed by atoms with Gasteiger partial charge < -0.3 is 20.1 Å². The Morgan fingerprint density at radius 1 is 0.903 bits per heavy atom. The quantitative estimate of drug-likeness (QED) is 0.536. The van der Waals surface area contributed by atoms with Gasteiger partial charge in [0.15, 0.2) is 11.5 Å². The average molecular weight is 439 g/mol. The van der Waals surface area contributed by atoms with Gasteiger partial charge in [-0.1, -0.05) is 30.3 Å². The van der Waals surface area contributed by atoms with Crippen molar-refractivity contribution in [3.05, 3.63) is 78.4 Å². The lowest BCUT2D eigenvalue weighted by atomic mass is 10.1. The van der Waals surface area contributed by atoms with Gasteiger partial charge in [0.25, 0.3) is 10.0 Å². The van der Waals surface area contributed by atoms with Gasteiger partial charge in [-0.25, -0.2) is 13.2 Å². The Balaban J connectivity index is 1.42. The summed E-state index contributed by atoms with van der Waals surface area (Å²) in [6, 6.07) is 19.3. The number of sulfonamides is 1. The van der Waals surface area contributed by atoms with Gasteiger partial charge in [0, 0.05) is 11.4 Å². The molecule has 0 fully saturated rings. The third-order valence-electron chi connectivity index (χ3n) is 4.67. The van der Waals surface area contributed by atoms with Crippen LogP contribution in [-0.2, 0) is 10.0 Å². The van der Waals surface area contributed by atoms with Crippen molar-refractivity contribution >= 4 is 27.4 Å². The summed E-state index contributed by atoms with van der Waals surface area (Å²) in [4.78, 5) is 12.5. The molecule has 1 heterocycles. The van der Waals surface area contributed by atoms with E-state index in [1.54, 1.807) is 48.5 Å². The molecule has 0 saturated heterocycles. The fourth-order valence-electron chi connectivity index (χ4n) is 3.09. The van der Waals surface area contributed by atoms with Gasteiger partial charge in [-0.15, -0.1) is 0 Å². The van der Waals surface area contributed by atoms with Crippen LogP contribution in [0.25, 0.3) is 0 Å². The Morgan fingerprint density at radius 2 is 1.65 bits per heavy atom. The molecule has 8 nitrogen and oxygen atoms in total. The second-order valence-electron chi connectivity index (χ2n) is 6.93. The minimum atomic E-state index is -3.79. The molecule has 3 N–H and O–H groups in total. The number of carbonyl (C=O) groups is 1. The fraction of sp³-hybridized carbons (Fsp3) is 0.136. The zero-order valence-electron chi connectivity index (χ0n) is 16.7. The molecule has 1 aliphatic heterocycles. The van der Waals surface area contributed by atoms with Crippen LogP contribution in [0.15, 0.2) is 77.7 Å². The molecule has 0 aliphatic carbocycles. The minimum absolute atomic E-state index is 0.0398. The maximum Gasteiger partial charge on any atom is 0.319 e. The van der Waals surface area contributed by atoms with E-state index in [0.717, 1.165) is 5.56 Å². The van der Waals surface area contributed by atoms with Crippen LogP contribution < -0.4 is 24.8 Å². The maximum absolute atomic E-state index is 12.6. The number of fused-ring (bicyclic) bond motifs is 1. The average Bonchev–Trinajstić information content (AvgIpc) is 3.22. The van der Waals surface area contributed by atoms with Crippen molar-refractivity contribution < 1.29 is 22.7 Å². The van der Waals surface area contributed by atoms with Crippen molar-refractivity contribution in [2.24, 2.45) is 0 Å². The van der Waals surface area contributed by atoms with Crippen LogP contribution in [0.2, 0.25) is 0 Å². The van der Waals surface area contributed by atoms with Gasteiger partial charge in [0.1, 0.15) is 0 Å². The van der Waals surface area contributed by atoms with Gasteiger partial charge in [0.2, 0.25) is 6.79 Å². The molecular formula is C22H21N3O5S. The van der Waals surface area contributed by atoms with Gasteiger partial charge in [-0.05, 0) is 55.0 Å². The van der Waals surface area contributed by atoms with Gasteiger partial charge in [-0.3, -0.25) is 4.72 Å². The van der Waals surface area contributed by atoms with Gasteiger partial charge in [0.05, 0.1) is 10.9 Å². The number of anilines is 2. The highest BCUT2D eigenvalue weighted by molar-refractivity contribution is 7.92. The highest BCUT2D eigenvalue weighted by Crippen LogP contribution is 2.34. The lowest BCUT2D eigenvalue weighted by Gasteiger charge is -2.16. The molecule has 0 radical (unpaired) electrons. The molecule has 0 bridgehead atoms. The number of para-hydroxylation sites is 1. The molecule has 1 aliphatic rings. The number of carbonyl (C=O) groups excluding carboxylic acids is 1. The standard InChI is InChI=1S/C22H21N3O5S/c1-15(16-10-11-20-21(12-16)30-14-29-20)23-22(26)24-18-8-5-9-19(13-18)31(27,28)25-17-6-3-2-4-7-17/h2-13,15,25H,14H2,1H3,(H2,23,24,26)/t15-/m1/s1. The second kappa shape index (κ2) is 8.57. The molecule has 0 spiro atoms. The van der Waals surface area contributed by atoms with Crippen molar-refractivity contribution in [2.75, 3.05) is 16.8 Å². The number of ether oxygens (including phenoxy) is 2. The largest absolute Gasteiger partial charge is 0.454 e. The summed E-state index contributed by atoms with van der Waals surface area (Å²) >= 11 is 0. The zero-order chi connectivity index (χ0) is 21.8. The van der Waals surface area contributed by atoms with E-state index in [4.69, 9.17) is 9.47 Å². The Kier molecular flexibility index (Phi) is 5.68. The molecule has 2 amide bonds. The van der Waals surface area contributed by atoms with Gasteiger partial charge in [-0.2, -0.15) is 0 Å². The lowest BCUT2D eigenvalue weighted by molar-refractivity contribution is 0.174. The molecule has 0 saturated carbocycles. The van der Waals surface area contributed by atoms with Crippen molar-refractivity contribution in [3.8, 4) is 11.5 Å². The highest BCUT2D eigenvalue weighted by atomic mass is 32.2. The molecule has 31 heavy (non-hydrogen) atoms. The third kappa shape index (κ3) is 4.89. The molecule has 160 valence electrons. The zero-order valence-corrected chi connectivity index (χ0v) is 17.5. The number of hydrogen-bond donors (Lipinski definition) is 3. The fourth-order valence-corrected chi connectivity index (χ4v) is 4.19. The van der Waals surface area contributed by atoms with Crippen molar-refractivity contribution in [2.45, 2.75) is 17.9 Å². The molecule has 0 unspecified atom stereocenters. The first-order valence-electron chi connectivity index (χ1n) is 9.56. The van der Waals surface area contributed by atoms with Crippen LogP contribution in [0.4, 0.5) is 16.2 Å². The number of rotatable bonds is 6. The summed E-state index contributed by atoms with van der Waals surface area (Å²) in [5.41, 5.74) is 1.66. The van der Waals surface area contributed by atoms with E-state index in [1.807, 2.05) is 19.1 Å². The summed E-state index contributed by atoms with van der Waals surface area (Å²) in [6.45, 7) is 2.02. The van der Waals surface area contributed by atoms with Crippen LogP contribution in [-0.4, -0.2) is 21.2 Å². The van der Waals surface area contributed by atoms with E-state index < -0.39 is 16.1 Å². The Bertz CT molecular complexity index is 1200. The predicted octanol–water partition coefficient (Wildman–Crippen LogP) is 4.10. The first kappa shape index (κ1) is 20.5. The lowest BCUT2D eigenvalue weighted by Crippen LogP contribution is -2.31. The molecular weight excluding hydrogens is 418 g/mol. The number of amides is 2. The Morgan fingerprint density at radius 3 is 2.45 bits per heavy atom. The van der Waals surface area contributed by atoms with E-state index in [9.17, 15) is 13.2 Å². The topological polar surface area (TPSA) is 106 Å². The molecule has 9 heteroatoms.